The summed E-state index contributed by atoms with van der Waals surface area (Å²) in [6.45, 7) is 3.92. The predicted molar refractivity (Wildman–Crippen MR) is 80.2 cm³/mol. The summed E-state index contributed by atoms with van der Waals surface area (Å²) >= 11 is 0. The van der Waals surface area contributed by atoms with Crippen LogP contribution in [0.2, 0.25) is 0 Å². The molecule has 0 atom stereocenters. The number of aryl methyl sites for hydroxylation is 2. The van der Waals surface area contributed by atoms with Crippen LogP contribution in [0.1, 0.15) is 44.7 Å². The van der Waals surface area contributed by atoms with Gasteiger partial charge >= 0.3 is 0 Å². The summed E-state index contributed by atoms with van der Waals surface area (Å²) in [5.74, 6) is -0.978. The number of benzene rings is 2. The molecule has 0 aliphatic carbocycles. The van der Waals surface area contributed by atoms with Crippen LogP contribution in [0.4, 0.5) is 4.39 Å². The Hall–Kier alpha value is -2.29. The van der Waals surface area contributed by atoms with Crippen molar-refractivity contribution in [1.82, 2.24) is 0 Å². The second kappa shape index (κ2) is 6.44. The summed E-state index contributed by atoms with van der Waals surface area (Å²) in [6, 6.07) is 11.3. The summed E-state index contributed by atoms with van der Waals surface area (Å²) in [6.07, 6.45) is 0.113. The second-order valence-electron chi connectivity index (χ2n) is 5.13. The van der Waals surface area contributed by atoms with Crippen LogP contribution < -0.4 is 0 Å². The van der Waals surface area contributed by atoms with Gasteiger partial charge in [-0.25, -0.2) is 4.39 Å². The molecule has 2 aromatic rings. The van der Waals surface area contributed by atoms with Crippen molar-refractivity contribution < 1.29 is 14.0 Å². The van der Waals surface area contributed by atoms with Gasteiger partial charge in [-0.15, -0.1) is 0 Å². The summed E-state index contributed by atoms with van der Waals surface area (Å²) in [5.41, 5.74) is 2.81. The van der Waals surface area contributed by atoms with E-state index >= 15 is 0 Å². The monoisotopic (exact) mass is 284 g/mol. The molecule has 0 N–H and O–H groups in total. The van der Waals surface area contributed by atoms with E-state index in [4.69, 9.17) is 0 Å². The number of hydrogen-bond donors (Lipinski definition) is 0. The van der Waals surface area contributed by atoms with Crippen LogP contribution in [0.25, 0.3) is 0 Å². The highest BCUT2D eigenvalue weighted by Crippen LogP contribution is 2.15. The van der Waals surface area contributed by atoms with Crippen molar-refractivity contribution in [3.63, 3.8) is 0 Å². The van der Waals surface area contributed by atoms with E-state index in [1.807, 2.05) is 26.0 Å². The van der Waals surface area contributed by atoms with Gasteiger partial charge in [0.1, 0.15) is 5.82 Å². The number of rotatable bonds is 5. The third-order valence-electron chi connectivity index (χ3n) is 3.58. The lowest BCUT2D eigenvalue weighted by molar-refractivity contribution is 0.0915. The molecule has 2 aromatic carbocycles. The van der Waals surface area contributed by atoms with E-state index in [9.17, 15) is 14.0 Å². The lowest BCUT2D eigenvalue weighted by atomic mass is 9.99. The molecule has 0 unspecified atom stereocenters. The topological polar surface area (TPSA) is 34.1 Å². The molecule has 0 radical (unpaired) electrons. The minimum atomic E-state index is -0.541. The van der Waals surface area contributed by atoms with Crippen LogP contribution in [0.5, 0.6) is 0 Å². The van der Waals surface area contributed by atoms with Crippen molar-refractivity contribution in [2.45, 2.75) is 26.7 Å². The molecule has 2 rings (SSSR count). The minimum absolute atomic E-state index is 0.0205. The van der Waals surface area contributed by atoms with Gasteiger partial charge in [0.2, 0.25) is 0 Å². The molecule has 108 valence electrons. The van der Waals surface area contributed by atoms with E-state index in [2.05, 4.69) is 0 Å². The van der Waals surface area contributed by atoms with Gasteiger partial charge in [-0.3, -0.25) is 9.59 Å². The lowest BCUT2D eigenvalue weighted by Gasteiger charge is -2.05. The standard InChI is InChI=1S/C18H17FO2/c1-12-7-8-14(11-13(12)2)17(20)9-10-18(21)15-5-3-4-6-16(15)19/h3-8,11H,9-10H2,1-2H3. The van der Waals surface area contributed by atoms with E-state index < -0.39 is 5.82 Å². The van der Waals surface area contributed by atoms with Gasteiger partial charge in [-0.1, -0.05) is 24.3 Å². The average molecular weight is 284 g/mol. The fourth-order valence-corrected chi connectivity index (χ4v) is 2.11. The first-order valence-electron chi connectivity index (χ1n) is 6.87. The number of ketones is 2. The number of hydrogen-bond acceptors (Lipinski definition) is 2. The molecule has 0 fully saturated rings. The fourth-order valence-electron chi connectivity index (χ4n) is 2.11. The molecular formula is C18H17FO2. The van der Waals surface area contributed by atoms with E-state index in [1.165, 1.54) is 18.2 Å². The molecule has 0 bridgehead atoms. The normalized spacial score (nSPS) is 10.4. The summed E-state index contributed by atoms with van der Waals surface area (Å²) in [4.78, 5) is 24.0. The molecule has 2 nitrogen and oxygen atoms in total. The lowest BCUT2D eigenvalue weighted by Crippen LogP contribution is -2.07. The highest BCUT2D eigenvalue weighted by molar-refractivity contribution is 6.02. The van der Waals surface area contributed by atoms with E-state index in [-0.39, 0.29) is 30.0 Å². The maximum Gasteiger partial charge on any atom is 0.166 e. The highest BCUT2D eigenvalue weighted by atomic mass is 19.1. The zero-order chi connectivity index (χ0) is 15.4. The van der Waals surface area contributed by atoms with Crippen molar-refractivity contribution in [3.8, 4) is 0 Å². The van der Waals surface area contributed by atoms with Crippen molar-refractivity contribution in [3.05, 3.63) is 70.5 Å². The quantitative estimate of drug-likeness (QED) is 0.768. The Kier molecular flexibility index (Phi) is 4.63. The molecule has 0 aliphatic heterocycles. The third kappa shape index (κ3) is 3.63. The Balaban J connectivity index is 2.02. The zero-order valence-electron chi connectivity index (χ0n) is 12.2. The molecule has 21 heavy (non-hydrogen) atoms. The largest absolute Gasteiger partial charge is 0.294 e. The van der Waals surface area contributed by atoms with Gasteiger partial charge in [0.05, 0.1) is 5.56 Å². The predicted octanol–water partition coefficient (Wildman–Crippen LogP) is 4.29. The highest BCUT2D eigenvalue weighted by Gasteiger charge is 2.14. The molecule has 0 saturated heterocycles. The Morgan fingerprint density at radius 2 is 1.57 bits per heavy atom. The number of halogens is 1. The smallest absolute Gasteiger partial charge is 0.166 e. The fraction of sp³-hybridized carbons (Fsp3) is 0.222. The SMILES string of the molecule is Cc1ccc(C(=O)CCC(=O)c2ccccc2F)cc1C. The summed E-state index contributed by atoms with van der Waals surface area (Å²) in [7, 11) is 0. The van der Waals surface area contributed by atoms with Gasteiger partial charge in [0, 0.05) is 18.4 Å². The van der Waals surface area contributed by atoms with Gasteiger partial charge < -0.3 is 0 Å². The number of carbonyl (C=O) groups excluding carboxylic acids is 2. The van der Waals surface area contributed by atoms with Crippen LogP contribution in [0.3, 0.4) is 0 Å². The molecular weight excluding hydrogens is 267 g/mol. The molecule has 0 spiro atoms. The summed E-state index contributed by atoms with van der Waals surface area (Å²) in [5, 5.41) is 0. The Morgan fingerprint density at radius 1 is 0.905 bits per heavy atom. The van der Waals surface area contributed by atoms with Gasteiger partial charge in [0.25, 0.3) is 0 Å². The van der Waals surface area contributed by atoms with Crippen molar-refractivity contribution in [2.75, 3.05) is 0 Å². The van der Waals surface area contributed by atoms with Crippen LogP contribution in [0.15, 0.2) is 42.5 Å². The Bertz CT molecular complexity index is 689. The first kappa shape index (κ1) is 15.1. The van der Waals surface area contributed by atoms with Gasteiger partial charge in [-0.05, 0) is 43.2 Å². The van der Waals surface area contributed by atoms with Gasteiger partial charge in [0.15, 0.2) is 11.6 Å². The average Bonchev–Trinajstić information content (AvgIpc) is 2.47. The number of Topliss-reactive ketones (excluding diaryl/α,β-unsaturated/α-hetero) is 2. The first-order chi connectivity index (χ1) is 9.99. The zero-order valence-corrected chi connectivity index (χ0v) is 12.2. The van der Waals surface area contributed by atoms with Crippen molar-refractivity contribution in [2.24, 2.45) is 0 Å². The third-order valence-corrected chi connectivity index (χ3v) is 3.58. The molecule has 0 saturated carbocycles. The Morgan fingerprint density at radius 3 is 2.24 bits per heavy atom. The minimum Gasteiger partial charge on any atom is -0.294 e. The van der Waals surface area contributed by atoms with Crippen molar-refractivity contribution >= 4 is 11.6 Å². The maximum absolute atomic E-state index is 13.5. The van der Waals surface area contributed by atoms with E-state index in [0.717, 1.165) is 11.1 Å². The molecule has 0 heterocycles. The number of carbonyl (C=O) groups is 2. The van der Waals surface area contributed by atoms with Gasteiger partial charge in [-0.2, -0.15) is 0 Å². The second-order valence-corrected chi connectivity index (χ2v) is 5.13. The van der Waals surface area contributed by atoms with Crippen LogP contribution >= 0.6 is 0 Å². The van der Waals surface area contributed by atoms with Crippen LogP contribution in [-0.4, -0.2) is 11.6 Å². The molecule has 0 amide bonds. The van der Waals surface area contributed by atoms with Crippen LogP contribution in [0, 0.1) is 19.7 Å². The first-order valence-corrected chi connectivity index (χ1v) is 6.87. The maximum atomic E-state index is 13.5. The molecule has 3 heteroatoms. The van der Waals surface area contributed by atoms with E-state index in [0.29, 0.717) is 5.56 Å². The Labute approximate surface area is 123 Å². The molecule has 0 aliphatic rings. The molecule has 0 aromatic heterocycles. The summed E-state index contributed by atoms with van der Waals surface area (Å²) < 4.78 is 13.5. The van der Waals surface area contributed by atoms with E-state index in [1.54, 1.807) is 12.1 Å². The van der Waals surface area contributed by atoms with Crippen LogP contribution in [-0.2, 0) is 0 Å². The van der Waals surface area contributed by atoms with Crippen molar-refractivity contribution in [1.29, 1.82) is 0 Å².